The topological polar surface area (TPSA) is 47.7 Å². The fourth-order valence-electron chi connectivity index (χ4n) is 2.29. The van der Waals surface area contributed by atoms with Gasteiger partial charge in [-0.2, -0.15) is 0 Å². The Morgan fingerprint density at radius 2 is 1.78 bits per heavy atom. The van der Waals surface area contributed by atoms with Crippen LogP contribution in [0.4, 0.5) is 0 Å². The lowest BCUT2D eigenvalue weighted by Gasteiger charge is -2.32. The Kier molecular flexibility index (Phi) is 10.6. The summed E-state index contributed by atoms with van der Waals surface area (Å²) in [5.41, 5.74) is 5.88. The Balaban J connectivity index is 4.33. The highest BCUT2D eigenvalue weighted by Crippen LogP contribution is 2.14. The van der Waals surface area contributed by atoms with E-state index in [0.29, 0.717) is 17.9 Å². The molecule has 0 aromatic heterocycles. The Hall–Kier alpha value is -0.160. The van der Waals surface area contributed by atoms with Crippen LogP contribution in [0.3, 0.4) is 0 Å². The molecule has 4 nitrogen and oxygen atoms in total. The highest BCUT2D eigenvalue weighted by molar-refractivity contribution is 4.73. The fraction of sp³-hybridized carbons (Fsp3) is 1.00. The maximum atomic E-state index is 5.88. The molecule has 0 spiro atoms. The normalized spacial score (nSPS) is 15.3. The summed E-state index contributed by atoms with van der Waals surface area (Å²) >= 11 is 0. The van der Waals surface area contributed by atoms with Gasteiger partial charge in [0, 0.05) is 33.4 Å². The maximum Gasteiger partial charge on any atom is 0.0615 e. The number of methoxy groups -OCH3 is 2. The van der Waals surface area contributed by atoms with Gasteiger partial charge in [-0.25, -0.2) is 0 Å². The highest BCUT2D eigenvalue weighted by Gasteiger charge is 2.18. The van der Waals surface area contributed by atoms with Crippen LogP contribution in [0.1, 0.15) is 27.2 Å². The first-order chi connectivity index (χ1) is 8.54. The van der Waals surface area contributed by atoms with Gasteiger partial charge in [-0.05, 0) is 31.7 Å². The zero-order valence-electron chi connectivity index (χ0n) is 12.8. The van der Waals surface area contributed by atoms with Crippen molar-refractivity contribution in [2.45, 2.75) is 33.2 Å². The monoisotopic (exact) mass is 260 g/mol. The molecule has 2 unspecified atom stereocenters. The SMILES string of the molecule is COCCN(CC(CN)CC(C)C)C(C)COC. The first-order valence-electron chi connectivity index (χ1n) is 6.97. The number of hydrogen-bond donors (Lipinski definition) is 1. The summed E-state index contributed by atoms with van der Waals surface area (Å²) in [6.45, 7) is 10.9. The molecular weight excluding hydrogens is 228 g/mol. The average molecular weight is 260 g/mol. The molecule has 2 N–H and O–H groups in total. The van der Waals surface area contributed by atoms with Crippen LogP contribution in [0.2, 0.25) is 0 Å². The van der Waals surface area contributed by atoms with Gasteiger partial charge in [-0.1, -0.05) is 13.8 Å². The van der Waals surface area contributed by atoms with Crippen LogP contribution in [0.15, 0.2) is 0 Å². The first-order valence-corrected chi connectivity index (χ1v) is 6.97. The molecule has 0 amide bonds. The van der Waals surface area contributed by atoms with Crippen LogP contribution in [-0.2, 0) is 9.47 Å². The van der Waals surface area contributed by atoms with E-state index >= 15 is 0 Å². The number of hydrogen-bond acceptors (Lipinski definition) is 4. The maximum absolute atomic E-state index is 5.88. The van der Waals surface area contributed by atoms with Crippen molar-refractivity contribution in [3.05, 3.63) is 0 Å². The summed E-state index contributed by atoms with van der Waals surface area (Å²) < 4.78 is 10.4. The first kappa shape index (κ1) is 17.8. The molecule has 0 aromatic rings. The minimum Gasteiger partial charge on any atom is -0.383 e. The number of ether oxygens (including phenoxy) is 2. The molecule has 110 valence electrons. The summed E-state index contributed by atoms with van der Waals surface area (Å²) in [5.74, 6) is 1.25. The molecule has 0 rings (SSSR count). The lowest BCUT2D eigenvalue weighted by atomic mass is 9.96. The van der Waals surface area contributed by atoms with Crippen molar-refractivity contribution in [2.24, 2.45) is 17.6 Å². The van der Waals surface area contributed by atoms with Crippen molar-refractivity contribution in [3.8, 4) is 0 Å². The molecule has 0 bridgehead atoms. The van der Waals surface area contributed by atoms with Crippen molar-refractivity contribution >= 4 is 0 Å². The van der Waals surface area contributed by atoms with Gasteiger partial charge in [0.15, 0.2) is 0 Å². The molecule has 4 heteroatoms. The minimum atomic E-state index is 0.409. The summed E-state index contributed by atoms with van der Waals surface area (Å²) in [6.07, 6.45) is 1.18. The molecule has 0 aliphatic heterocycles. The van der Waals surface area contributed by atoms with Crippen LogP contribution < -0.4 is 5.73 Å². The van der Waals surface area contributed by atoms with E-state index in [0.717, 1.165) is 32.8 Å². The van der Waals surface area contributed by atoms with E-state index in [-0.39, 0.29) is 0 Å². The molecule has 0 aliphatic carbocycles. The molecule has 0 aliphatic rings. The van der Waals surface area contributed by atoms with Crippen molar-refractivity contribution in [1.29, 1.82) is 0 Å². The fourth-order valence-corrected chi connectivity index (χ4v) is 2.29. The summed E-state index contributed by atoms with van der Waals surface area (Å²) in [6, 6.07) is 0.409. The average Bonchev–Trinajstić information content (AvgIpc) is 2.32. The lowest BCUT2D eigenvalue weighted by molar-refractivity contribution is 0.0633. The van der Waals surface area contributed by atoms with Crippen molar-refractivity contribution < 1.29 is 9.47 Å². The second kappa shape index (κ2) is 10.7. The van der Waals surface area contributed by atoms with Crippen molar-refractivity contribution in [3.63, 3.8) is 0 Å². The Bertz CT molecular complexity index is 189. The van der Waals surface area contributed by atoms with Gasteiger partial charge in [-0.15, -0.1) is 0 Å². The second-order valence-corrected chi connectivity index (χ2v) is 5.52. The predicted octanol–water partition coefficient (Wildman–Crippen LogP) is 1.59. The molecule has 0 radical (unpaired) electrons. The number of nitrogens with two attached hydrogens (primary N) is 1. The van der Waals surface area contributed by atoms with E-state index in [2.05, 4.69) is 25.7 Å². The van der Waals surface area contributed by atoms with E-state index in [9.17, 15) is 0 Å². The Labute approximate surface area is 113 Å². The molecular formula is C14H32N2O2. The molecule has 0 saturated carbocycles. The van der Waals surface area contributed by atoms with Gasteiger partial charge in [0.25, 0.3) is 0 Å². The smallest absolute Gasteiger partial charge is 0.0615 e. The van der Waals surface area contributed by atoms with E-state index in [1.54, 1.807) is 14.2 Å². The number of rotatable bonds is 11. The summed E-state index contributed by atoms with van der Waals surface area (Å²) in [5, 5.41) is 0. The largest absolute Gasteiger partial charge is 0.383 e. The Morgan fingerprint density at radius 3 is 2.22 bits per heavy atom. The third kappa shape index (κ3) is 8.03. The summed E-state index contributed by atoms with van der Waals surface area (Å²) in [7, 11) is 3.49. The van der Waals surface area contributed by atoms with E-state index in [4.69, 9.17) is 15.2 Å². The van der Waals surface area contributed by atoms with Crippen molar-refractivity contribution in [2.75, 3.05) is 47.1 Å². The van der Waals surface area contributed by atoms with Gasteiger partial charge >= 0.3 is 0 Å². The molecule has 0 heterocycles. The molecule has 0 aromatic carbocycles. The quantitative estimate of drug-likeness (QED) is 0.613. The van der Waals surface area contributed by atoms with Gasteiger partial charge in [0.05, 0.1) is 13.2 Å². The van der Waals surface area contributed by atoms with Crippen molar-refractivity contribution in [1.82, 2.24) is 4.90 Å². The minimum absolute atomic E-state index is 0.409. The van der Waals surface area contributed by atoms with Crippen LogP contribution >= 0.6 is 0 Å². The van der Waals surface area contributed by atoms with Gasteiger partial charge < -0.3 is 15.2 Å². The van der Waals surface area contributed by atoms with Gasteiger partial charge in [0.2, 0.25) is 0 Å². The molecule has 18 heavy (non-hydrogen) atoms. The molecule has 2 atom stereocenters. The molecule has 0 fully saturated rings. The standard InChI is InChI=1S/C14H32N2O2/c1-12(2)8-14(9-15)10-16(6-7-17-4)13(3)11-18-5/h12-14H,6-11,15H2,1-5H3. The van der Waals surface area contributed by atoms with Crippen LogP contribution in [0.5, 0.6) is 0 Å². The lowest BCUT2D eigenvalue weighted by Crippen LogP contribution is -2.43. The van der Waals surface area contributed by atoms with E-state index < -0.39 is 0 Å². The third-order valence-corrected chi connectivity index (χ3v) is 3.24. The second-order valence-electron chi connectivity index (χ2n) is 5.52. The van der Waals surface area contributed by atoms with E-state index in [1.165, 1.54) is 6.42 Å². The van der Waals surface area contributed by atoms with Gasteiger partial charge in [0.1, 0.15) is 0 Å². The third-order valence-electron chi connectivity index (χ3n) is 3.24. The zero-order chi connectivity index (χ0) is 14.0. The van der Waals surface area contributed by atoms with Crippen LogP contribution in [0, 0.1) is 11.8 Å². The van der Waals surface area contributed by atoms with Crippen LogP contribution in [-0.4, -0.2) is 58.0 Å². The van der Waals surface area contributed by atoms with E-state index in [1.807, 2.05) is 0 Å². The van der Waals surface area contributed by atoms with Crippen LogP contribution in [0.25, 0.3) is 0 Å². The Morgan fingerprint density at radius 1 is 1.11 bits per heavy atom. The predicted molar refractivity (Wildman–Crippen MR) is 76.8 cm³/mol. The summed E-state index contributed by atoms with van der Waals surface area (Å²) in [4.78, 5) is 2.42. The van der Waals surface area contributed by atoms with Gasteiger partial charge in [-0.3, -0.25) is 4.90 Å². The molecule has 0 saturated heterocycles. The highest BCUT2D eigenvalue weighted by atomic mass is 16.5. The number of nitrogens with zero attached hydrogens (tertiary/aromatic N) is 1. The zero-order valence-corrected chi connectivity index (χ0v) is 12.8.